The van der Waals surface area contributed by atoms with Gasteiger partial charge in [0.1, 0.15) is 5.65 Å². The molecule has 2 aromatic heterocycles. The molecule has 6 nitrogen and oxygen atoms in total. The Morgan fingerprint density at radius 1 is 1.42 bits per heavy atom. The summed E-state index contributed by atoms with van der Waals surface area (Å²) in [5.74, 6) is -0.499. The summed E-state index contributed by atoms with van der Waals surface area (Å²) in [6, 6.07) is 9.29. The number of aromatic nitrogens is 2. The molecule has 0 amide bonds. The minimum Gasteiger partial charge on any atom is -0.494 e. The topological polar surface area (TPSA) is 87.6 Å². The molecule has 0 aliphatic carbocycles. The van der Waals surface area contributed by atoms with Gasteiger partial charge in [0, 0.05) is 21.4 Å². The molecule has 0 fully saturated rings. The lowest BCUT2D eigenvalue weighted by Crippen LogP contribution is -2.04. The van der Waals surface area contributed by atoms with Gasteiger partial charge in [-0.1, -0.05) is 0 Å². The van der Waals surface area contributed by atoms with E-state index >= 15 is 0 Å². The Morgan fingerprint density at radius 3 is 2.88 bits per heavy atom. The number of carbonyl (C=O) groups excluding carboxylic acids is 1. The van der Waals surface area contributed by atoms with Gasteiger partial charge in [0.15, 0.2) is 5.88 Å². The quantitative estimate of drug-likeness (QED) is 0.371. The summed E-state index contributed by atoms with van der Waals surface area (Å²) < 4.78 is 6.09. The number of esters is 1. The molecule has 122 valence electrons. The molecule has 0 saturated carbocycles. The molecule has 3 rings (SSSR count). The van der Waals surface area contributed by atoms with Crippen molar-refractivity contribution in [3.63, 3.8) is 0 Å². The van der Waals surface area contributed by atoms with Gasteiger partial charge in [-0.15, -0.1) is 0 Å². The largest absolute Gasteiger partial charge is 0.494 e. The number of nitrogens with zero attached hydrogens (tertiary/aromatic N) is 2. The number of aromatic hydroxyl groups is 1. The van der Waals surface area contributed by atoms with Gasteiger partial charge < -0.3 is 14.8 Å². The smallest absolute Gasteiger partial charge is 0.339 e. The highest BCUT2D eigenvalue weighted by Gasteiger charge is 2.14. The van der Waals surface area contributed by atoms with E-state index in [1.165, 1.54) is 6.20 Å². The highest BCUT2D eigenvalue weighted by atomic mass is 127. The molecule has 2 heterocycles. The van der Waals surface area contributed by atoms with Crippen LogP contribution in [0.25, 0.3) is 11.0 Å². The lowest BCUT2D eigenvalue weighted by molar-refractivity contribution is 0.0526. The van der Waals surface area contributed by atoms with Crippen LogP contribution in [0, 0.1) is 3.57 Å². The van der Waals surface area contributed by atoms with Gasteiger partial charge in [-0.3, -0.25) is 4.99 Å². The Balaban J connectivity index is 2.00. The molecular formula is C17H14IN3O3. The minimum atomic E-state index is -0.451. The van der Waals surface area contributed by atoms with Gasteiger partial charge in [0.2, 0.25) is 0 Å². The Bertz CT molecular complexity index is 917. The van der Waals surface area contributed by atoms with Crippen LogP contribution in [-0.2, 0) is 4.74 Å². The third-order valence-corrected chi connectivity index (χ3v) is 4.07. The minimum absolute atomic E-state index is 0.0484. The summed E-state index contributed by atoms with van der Waals surface area (Å²) in [4.78, 5) is 23.1. The number of H-pyrrole nitrogens is 1. The lowest BCUT2D eigenvalue weighted by atomic mass is 10.2. The molecular weight excluding hydrogens is 421 g/mol. The fourth-order valence-corrected chi connectivity index (χ4v) is 2.56. The van der Waals surface area contributed by atoms with Gasteiger partial charge in [-0.25, -0.2) is 9.78 Å². The van der Waals surface area contributed by atoms with E-state index in [9.17, 15) is 9.90 Å². The first-order chi connectivity index (χ1) is 11.6. The van der Waals surface area contributed by atoms with Crippen LogP contribution >= 0.6 is 22.6 Å². The number of aliphatic imine (C=N–C) groups is 1. The average molecular weight is 435 g/mol. The lowest BCUT2D eigenvalue weighted by Gasteiger charge is -2.01. The number of halogens is 1. The van der Waals surface area contributed by atoms with Crippen LogP contribution in [0.5, 0.6) is 5.88 Å². The maximum atomic E-state index is 11.8. The number of rotatable bonds is 4. The Labute approximate surface area is 151 Å². The van der Waals surface area contributed by atoms with Crippen molar-refractivity contribution >= 4 is 51.5 Å². The number of hydrogen-bond donors (Lipinski definition) is 2. The normalized spacial score (nSPS) is 11.2. The van der Waals surface area contributed by atoms with Crippen molar-refractivity contribution in [2.75, 3.05) is 6.61 Å². The monoisotopic (exact) mass is 435 g/mol. The average Bonchev–Trinajstić information content (AvgIpc) is 2.89. The highest BCUT2D eigenvalue weighted by Crippen LogP contribution is 2.26. The number of fused-ring (bicyclic) bond motifs is 1. The van der Waals surface area contributed by atoms with Crippen LogP contribution in [0.4, 0.5) is 5.69 Å². The molecule has 0 unspecified atom stereocenters. The summed E-state index contributed by atoms with van der Waals surface area (Å²) in [5.41, 5.74) is 2.04. The Kier molecular flexibility index (Phi) is 4.79. The van der Waals surface area contributed by atoms with E-state index in [1.807, 2.05) is 24.3 Å². The van der Waals surface area contributed by atoms with Crippen LogP contribution in [0.15, 0.2) is 41.5 Å². The number of carbonyl (C=O) groups is 1. The number of nitrogens with one attached hydrogen (secondary N) is 1. The van der Waals surface area contributed by atoms with Crippen LogP contribution in [0.1, 0.15) is 22.8 Å². The third kappa shape index (κ3) is 3.40. The fraction of sp³-hybridized carbons (Fsp3) is 0.118. The summed E-state index contributed by atoms with van der Waals surface area (Å²) in [5, 5.41) is 10.7. The molecule has 0 aliphatic rings. The van der Waals surface area contributed by atoms with Crippen molar-refractivity contribution < 1.29 is 14.6 Å². The molecule has 2 N–H and O–H groups in total. The zero-order valence-corrected chi connectivity index (χ0v) is 14.9. The predicted molar refractivity (Wildman–Crippen MR) is 100 cm³/mol. The van der Waals surface area contributed by atoms with E-state index in [0.717, 1.165) is 9.26 Å². The van der Waals surface area contributed by atoms with Crippen LogP contribution in [0.3, 0.4) is 0 Å². The van der Waals surface area contributed by atoms with E-state index in [0.29, 0.717) is 22.2 Å². The number of aromatic amines is 1. The zero-order valence-electron chi connectivity index (χ0n) is 12.8. The van der Waals surface area contributed by atoms with Crippen LogP contribution in [-0.4, -0.2) is 33.9 Å². The Morgan fingerprint density at radius 2 is 2.17 bits per heavy atom. The summed E-state index contributed by atoms with van der Waals surface area (Å²) in [6.07, 6.45) is 2.96. The zero-order chi connectivity index (χ0) is 17.1. The van der Waals surface area contributed by atoms with Crippen LogP contribution in [0.2, 0.25) is 0 Å². The molecule has 0 radical (unpaired) electrons. The van der Waals surface area contributed by atoms with Crippen molar-refractivity contribution in [1.29, 1.82) is 0 Å². The molecule has 0 saturated heterocycles. The van der Waals surface area contributed by atoms with Gasteiger partial charge >= 0.3 is 5.97 Å². The van der Waals surface area contributed by atoms with Crippen molar-refractivity contribution in [2.45, 2.75) is 6.92 Å². The summed E-state index contributed by atoms with van der Waals surface area (Å²) >= 11 is 2.22. The maximum absolute atomic E-state index is 11.8. The van der Waals surface area contributed by atoms with E-state index in [2.05, 4.69) is 37.6 Å². The van der Waals surface area contributed by atoms with Crippen molar-refractivity contribution in [2.24, 2.45) is 4.99 Å². The first-order valence-electron chi connectivity index (χ1n) is 7.26. The first-order valence-corrected chi connectivity index (χ1v) is 8.34. The molecule has 7 heteroatoms. The number of hydrogen-bond acceptors (Lipinski definition) is 5. The first kappa shape index (κ1) is 16.4. The van der Waals surface area contributed by atoms with Gasteiger partial charge in [-0.2, -0.15) is 0 Å². The maximum Gasteiger partial charge on any atom is 0.339 e. The van der Waals surface area contributed by atoms with E-state index in [1.54, 1.807) is 19.2 Å². The van der Waals surface area contributed by atoms with Crippen molar-refractivity contribution in [1.82, 2.24) is 9.97 Å². The molecule has 0 bridgehead atoms. The van der Waals surface area contributed by atoms with Crippen molar-refractivity contribution in [3.8, 4) is 5.88 Å². The third-order valence-electron chi connectivity index (χ3n) is 3.35. The number of benzene rings is 1. The fourth-order valence-electron chi connectivity index (χ4n) is 2.20. The number of pyridine rings is 1. The van der Waals surface area contributed by atoms with Crippen molar-refractivity contribution in [3.05, 3.63) is 51.2 Å². The second kappa shape index (κ2) is 7.00. The predicted octanol–water partition coefficient (Wildman–Crippen LogP) is 3.80. The second-order valence-electron chi connectivity index (χ2n) is 4.96. The Hall–Kier alpha value is -2.42. The number of ether oxygens (including phenoxy) is 1. The molecule has 0 aliphatic heterocycles. The van der Waals surface area contributed by atoms with Crippen LogP contribution < -0.4 is 0 Å². The SMILES string of the molecule is CCOC(=O)c1cnc2[nH]c(O)c(C=Nc3ccc(I)cc3)c2c1. The molecule has 0 atom stereocenters. The van der Waals surface area contributed by atoms with E-state index in [4.69, 9.17) is 4.74 Å². The van der Waals surface area contributed by atoms with Gasteiger partial charge in [0.05, 0.1) is 23.4 Å². The van der Waals surface area contributed by atoms with E-state index in [-0.39, 0.29) is 12.5 Å². The highest BCUT2D eigenvalue weighted by molar-refractivity contribution is 14.1. The van der Waals surface area contributed by atoms with E-state index < -0.39 is 5.97 Å². The molecule has 3 aromatic rings. The molecule has 1 aromatic carbocycles. The van der Waals surface area contributed by atoms with Gasteiger partial charge in [-0.05, 0) is 59.8 Å². The molecule has 0 spiro atoms. The summed E-state index contributed by atoms with van der Waals surface area (Å²) in [7, 11) is 0. The summed E-state index contributed by atoms with van der Waals surface area (Å²) in [6.45, 7) is 2.03. The van der Waals surface area contributed by atoms with Gasteiger partial charge in [0.25, 0.3) is 0 Å². The standard InChI is InChI=1S/C17H14IN3O3/c1-2-24-17(23)10-7-13-14(16(22)21-15(13)20-8-10)9-19-12-5-3-11(18)4-6-12/h3-9,22H,2H2,1H3,(H,20,21). The second-order valence-corrected chi connectivity index (χ2v) is 6.21. The molecule has 24 heavy (non-hydrogen) atoms.